The lowest BCUT2D eigenvalue weighted by Crippen LogP contribution is -2.48. The fourth-order valence-corrected chi connectivity index (χ4v) is 5.93. The van der Waals surface area contributed by atoms with Crippen LogP contribution in [-0.2, 0) is 10.0 Å². The highest BCUT2D eigenvalue weighted by molar-refractivity contribution is 7.89. The summed E-state index contributed by atoms with van der Waals surface area (Å²) in [5.41, 5.74) is 4.21. The molecule has 0 saturated carbocycles. The second kappa shape index (κ2) is 8.37. The number of anilines is 1. The molecule has 3 aromatic rings. The van der Waals surface area contributed by atoms with Gasteiger partial charge >= 0.3 is 0 Å². The van der Waals surface area contributed by atoms with Crippen LogP contribution in [-0.4, -0.2) is 48.8 Å². The predicted octanol–water partition coefficient (Wildman–Crippen LogP) is 3.85. The number of thiazole rings is 1. The van der Waals surface area contributed by atoms with Gasteiger partial charge < -0.3 is 4.90 Å². The summed E-state index contributed by atoms with van der Waals surface area (Å²) >= 11 is 1.55. The van der Waals surface area contributed by atoms with Gasteiger partial charge in [0.15, 0.2) is 5.13 Å². The van der Waals surface area contributed by atoms with Gasteiger partial charge in [0.25, 0.3) is 5.69 Å². The zero-order valence-corrected chi connectivity index (χ0v) is 18.8. The molecule has 0 amide bonds. The Hall–Kier alpha value is -2.82. The van der Waals surface area contributed by atoms with Gasteiger partial charge in [-0.15, -0.1) is 11.3 Å². The van der Waals surface area contributed by atoms with Gasteiger partial charge in [0.1, 0.15) is 0 Å². The first-order valence-electron chi connectivity index (χ1n) is 9.79. The number of non-ortho nitro benzene ring substituents is 1. The van der Waals surface area contributed by atoms with E-state index >= 15 is 0 Å². The number of nitrogens with zero attached hydrogens (tertiary/aromatic N) is 4. The van der Waals surface area contributed by atoms with Crippen molar-refractivity contribution < 1.29 is 13.3 Å². The number of piperazine rings is 1. The molecule has 162 valence electrons. The van der Waals surface area contributed by atoms with Crippen LogP contribution < -0.4 is 4.90 Å². The summed E-state index contributed by atoms with van der Waals surface area (Å²) < 4.78 is 27.2. The summed E-state index contributed by atoms with van der Waals surface area (Å²) in [6, 6.07) is 11.3. The van der Waals surface area contributed by atoms with Crippen LogP contribution in [0.25, 0.3) is 11.3 Å². The van der Waals surface area contributed by atoms with Crippen LogP contribution in [0, 0.1) is 24.0 Å². The first-order chi connectivity index (χ1) is 14.8. The molecule has 2 aromatic carbocycles. The van der Waals surface area contributed by atoms with Crippen molar-refractivity contribution in [2.24, 2.45) is 0 Å². The maximum atomic E-state index is 12.9. The lowest BCUT2D eigenvalue weighted by Gasteiger charge is -2.33. The molecule has 0 aliphatic carbocycles. The number of hydrogen-bond donors (Lipinski definition) is 0. The van der Waals surface area contributed by atoms with Crippen LogP contribution in [0.2, 0.25) is 0 Å². The van der Waals surface area contributed by atoms with E-state index in [2.05, 4.69) is 30.9 Å². The molecule has 4 rings (SSSR count). The SMILES string of the molecule is Cc1cccc(-c2csc(N3CCN(S(=O)(=O)c4cccc([N+](=O)[O-])c4)CC3)n2)c1C. The average molecular weight is 459 g/mol. The van der Waals surface area contributed by atoms with Gasteiger partial charge in [0.2, 0.25) is 10.0 Å². The van der Waals surface area contributed by atoms with E-state index in [1.165, 1.54) is 33.6 Å². The Balaban J connectivity index is 1.48. The third-order valence-electron chi connectivity index (χ3n) is 5.55. The molecule has 0 N–H and O–H groups in total. The zero-order chi connectivity index (χ0) is 22.2. The molecule has 1 aliphatic heterocycles. The summed E-state index contributed by atoms with van der Waals surface area (Å²) in [5, 5.41) is 13.9. The Morgan fingerprint density at radius 1 is 1.06 bits per heavy atom. The first-order valence-corrected chi connectivity index (χ1v) is 12.1. The number of aromatic nitrogens is 1. The third-order valence-corrected chi connectivity index (χ3v) is 8.34. The summed E-state index contributed by atoms with van der Waals surface area (Å²) in [7, 11) is -3.79. The number of benzene rings is 2. The van der Waals surface area contributed by atoms with Crippen LogP contribution in [0.4, 0.5) is 10.8 Å². The van der Waals surface area contributed by atoms with Gasteiger partial charge in [-0.05, 0) is 31.0 Å². The third kappa shape index (κ3) is 4.18. The van der Waals surface area contributed by atoms with E-state index in [4.69, 9.17) is 4.98 Å². The van der Waals surface area contributed by atoms with E-state index in [1.54, 1.807) is 11.3 Å². The lowest BCUT2D eigenvalue weighted by molar-refractivity contribution is -0.385. The smallest absolute Gasteiger partial charge is 0.270 e. The number of hydrogen-bond acceptors (Lipinski definition) is 7. The molecular weight excluding hydrogens is 436 g/mol. The van der Waals surface area contributed by atoms with Gasteiger partial charge in [-0.25, -0.2) is 13.4 Å². The van der Waals surface area contributed by atoms with Crippen molar-refractivity contribution >= 4 is 32.2 Å². The Labute approximate surface area is 185 Å². The molecule has 0 bridgehead atoms. The predicted molar refractivity (Wildman–Crippen MR) is 121 cm³/mol. The molecule has 1 saturated heterocycles. The van der Waals surface area contributed by atoms with Crippen molar-refractivity contribution in [2.45, 2.75) is 18.7 Å². The number of aryl methyl sites for hydroxylation is 1. The van der Waals surface area contributed by atoms with Crippen LogP contribution in [0.3, 0.4) is 0 Å². The van der Waals surface area contributed by atoms with Crippen molar-refractivity contribution in [1.29, 1.82) is 0 Å². The maximum Gasteiger partial charge on any atom is 0.270 e. The maximum absolute atomic E-state index is 12.9. The number of nitro groups is 1. The van der Waals surface area contributed by atoms with Crippen LogP contribution in [0.1, 0.15) is 11.1 Å². The number of nitro benzene ring substituents is 1. The molecule has 1 aromatic heterocycles. The molecule has 2 heterocycles. The molecule has 0 spiro atoms. The van der Waals surface area contributed by atoms with Gasteiger partial charge in [-0.1, -0.05) is 24.3 Å². The van der Waals surface area contributed by atoms with E-state index in [-0.39, 0.29) is 10.6 Å². The Morgan fingerprint density at radius 2 is 1.77 bits per heavy atom. The van der Waals surface area contributed by atoms with Gasteiger partial charge in [0, 0.05) is 49.3 Å². The van der Waals surface area contributed by atoms with Crippen molar-refractivity contribution in [3.8, 4) is 11.3 Å². The van der Waals surface area contributed by atoms with Gasteiger partial charge in [-0.3, -0.25) is 10.1 Å². The highest BCUT2D eigenvalue weighted by Crippen LogP contribution is 2.31. The standard InChI is InChI=1S/C21H22N4O4S2/c1-15-5-3-8-19(16(15)2)20-14-30-21(22-20)23-9-11-24(12-10-23)31(28,29)18-7-4-6-17(13-18)25(26)27/h3-8,13-14H,9-12H2,1-2H3. The van der Waals surface area contributed by atoms with E-state index in [0.717, 1.165) is 22.5 Å². The van der Waals surface area contributed by atoms with E-state index in [0.29, 0.717) is 26.2 Å². The number of rotatable bonds is 5. The Morgan fingerprint density at radius 3 is 2.48 bits per heavy atom. The summed E-state index contributed by atoms with van der Waals surface area (Å²) in [5.74, 6) is 0. The highest BCUT2D eigenvalue weighted by Gasteiger charge is 2.30. The second-order valence-corrected chi connectivity index (χ2v) is 10.2. The molecule has 31 heavy (non-hydrogen) atoms. The average Bonchev–Trinajstić information content (AvgIpc) is 3.26. The normalized spacial score (nSPS) is 15.2. The molecule has 1 aliphatic rings. The van der Waals surface area contributed by atoms with Crippen LogP contribution in [0.15, 0.2) is 52.7 Å². The summed E-state index contributed by atoms with van der Waals surface area (Å²) in [6.07, 6.45) is 0. The van der Waals surface area contributed by atoms with Crippen molar-refractivity contribution in [2.75, 3.05) is 31.1 Å². The molecule has 0 radical (unpaired) electrons. The minimum atomic E-state index is -3.79. The molecule has 0 atom stereocenters. The van der Waals surface area contributed by atoms with Crippen LogP contribution >= 0.6 is 11.3 Å². The largest absolute Gasteiger partial charge is 0.345 e. The fourth-order valence-electron chi connectivity index (χ4n) is 3.59. The van der Waals surface area contributed by atoms with Crippen molar-refractivity contribution in [3.63, 3.8) is 0 Å². The van der Waals surface area contributed by atoms with Gasteiger partial charge in [-0.2, -0.15) is 4.31 Å². The molecular formula is C21H22N4O4S2. The van der Waals surface area contributed by atoms with E-state index in [1.807, 2.05) is 11.4 Å². The van der Waals surface area contributed by atoms with Crippen molar-refractivity contribution in [1.82, 2.24) is 9.29 Å². The fraction of sp³-hybridized carbons (Fsp3) is 0.286. The minimum Gasteiger partial charge on any atom is -0.345 e. The lowest BCUT2D eigenvalue weighted by atomic mass is 10.0. The Bertz CT molecular complexity index is 1230. The Kier molecular flexibility index (Phi) is 5.78. The topological polar surface area (TPSA) is 96.7 Å². The van der Waals surface area contributed by atoms with E-state index < -0.39 is 14.9 Å². The second-order valence-electron chi connectivity index (χ2n) is 7.41. The van der Waals surface area contributed by atoms with Crippen molar-refractivity contribution in [3.05, 3.63) is 69.1 Å². The molecule has 8 nitrogen and oxygen atoms in total. The monoisotopic (exact) mass is 458 g/mol. The summed E-state index contributed by atoms with van der Waals surface area (Å²) in [6.45, 7) is 5.77. The quantitative estimate of drug-likeness (QED) is 0.426. The number of sulfonamides is 1. The minimum absolute atomic E-state index is 0.0541. The first kappa shape index (κ1) is 21.4. The molecule has 10 heteroatoms. The van der Waals surface area contributed by atoms with E-state index in [9.17, 15) is 18.5 Å². The van der Waals surface area contributed by atoms with Gasteiger partial charge in [0.05, 0.1) is 15.5 Å². The zero-order valence-electron chi connectivity index (χ0n) is 17.2. The molecule has 0 unspecified atom stereocenters. The summed E-state index contributed by atoms with van der Waals surface area (Å²) in [4.78, 5) is 17.2. The van der Waals surface area contributed by atoms with Crippen LogP contribution in [0.5, 0.6) is 0 Å². The molecule has 1 fully saturated rings. The highest BCUT2D eigenvalue weighted by atomic mass is 32.2.